The van der Waals surface area contributed by atoms with Crippen LogP contribution in [0.2, 0.25) is 0 Å². The minimum atomic E-state index is -4.87. The Morgan fingerprint density at radius 1 is 1.05 bits per heavy atom. The lowest BCUT2D eigenvalue weighted by Crippen LogP contribution is -2.33. The molecule has 0 unspecified atom stereocenters. The molecule has 39 heavy (non-hydrogen) atoms. The first kappa shape index (κ1) is 25.5. The standard InChI is InChI=1S/C27H18F3N7O2/c1-26(2)21-17(9-11-33-23(21)37(25(26)39)16-4-3-10-32-14-16)19-7-6-18(27(28,29)30)22(35-19)24(38)36-20-8-5-15(12-31)13-34-20/h3-11,13-14H,1-2H3,(H,34,36,38). The van der Waals surface area contributed by atoms with Crippen molar-refractivity contribution in [3.8, 4) is 17.3 Å². The Morgan fingerprint density at radius 3 is 2.49 bits per heavy atom. The van der Waals surface area contributed by atoms with Gasteiger partial charge in [-0.1, -0.05) is 0 Å². The summed E-state index contributed by atoms with van der Waals surface area (Å²) in [5, 5.41) is 11.2. The van der Waals surface area contributed by atoms with Crippen LogP contribution in [0.5, 0.6) is 0 Å². The van der Waals surface area contributed by atoms with Gasteiger partial charge in [0.1, 0.15) is 23.4 Å². The molecule has 5 heterocycles. The van der Waals surface area contributed by atoms with E-state index in [1.165, 1.54) is 35.6 Å². The van der Waals surface area contributed by atoms with E-state index in [2.05, 4.69) is 25.3 Å². The minimum Gasteiger partial charge on any atom is -0.305 e. The van der Waals surface area contributed by atoms with Gasteiger partial charge >= 0.3 is 6.18 Å². The van der Waals surface area contributed by atoms with E-state index in [1.807, 2.05) is 6.07 Å². The van der Waals surface area contributed by atoms with Crippen LogP contribution >= 0.6 is 0 Å². The molecule has 4 aromatic rings. The number of nitriles is 1. The van der Waals surface area contributed by atoms with Crippen molar-refractivity contribution in [2.24, 2.45) is 0 Å². The monoisotopic (exact) mass is 529 g/mol. The van der Waals surface area contributed by atoms with Crippen molar-refractivity contribution in [3.05, 3.63) is 89.6 Å². The normalized spacial score (nSPS) is 14.1. The number of nitrogens with zero attached hydrogens (tertiary/aromatic N) is 6. The SMILES string of the molecule is CC1(C)C(=O)N(c2cccnc2)c2nccc(-c3ccc(C(F)(F)F)c(C(=O)Nc4ccc(C#N)cn4)n3)c21. The second-order valence-corrected chi connectivity index (χ2v) is 9.12. The predicted molar refractivity (Wildman–Crippen MR) is 134 cm³/mol. The highest BCUT2D eigenvalue weighted by Crippen LogP contribution is 2.48. The quantitative estimate of drug-likeness (QED) is 0.393. The zero-order valence-corrected chi connectivity index (χ0v) is 20.5. The number of halogens is 3. The van der Waals surface area contributed by atoms with E-state index in [0.29, 0.717) is 22.6 Å². The van der Waals surface area contributed by atoms with Crippen molar-refractivity contribution in [3.63, 3.8) is 0 Å². The molecule has 0 radical (unpaired) electrons. The Balaban J connectivity index is 1.63. The average molecular weight is 529 g/mol. The second kappa shape index (κ2) is 9.29. The average Bonchev–Trinajstić information content (AvgIpc) is 3.13. The summed E-state index contributed by atoms with van der Waals surface area (Å²) in [7, 11) is 0. The van der Waals surface area contributed by atoms with Crippen LogP contribution in [0.25, 0.3) is 11.3 Å². The summed E-state index contributed by atoms with van der Waals surface area (Å²) in [5.74, 6) is -1.20. The summed E-state index contributed by atoms with van der Waals surface area (Å²) in [5.41, 5.74) is -1.68. The molecule has 0 saturated carbocycles. The van der Waals surface area contributed by atoms with Crippen LogP contribution in [-0.2, 0) is 16.4 Å². The lowest BCUT2D eigenvalue weighted by Gasteiger charge is -2.20. The Labute approximate surface area is 220 Å². The number of fused-ring (bicyclic) bond motifs is 1. The summed E-state index contributed by atoms with van der Waals surface area (Å²) in [6, 6.07) is 11.4. The number of alkyl halides is 3. The van der Waals surface area contributed by atoms with Crippen LogP contribution in [0.1, 0.15) is 41.0 Å². The van der Waals surface area contributed by atoms with Crippen molar-refractivity contribution in [2.75, 3.05) is 10.2 Å². The number of anilines is 3. The van der Waals surface area contributed by atoms with Crippen molar-refractivity contribution >= 4 is 29.1 Å². The van der Waals surface area contributed by atoms with Gasteiger partial charge in [0, 0.05) is 29.7 Å². The number of carbonyl (C=O) groups excluding carboxylic acids is 2. The smallest absolute Gasteiger partial charge is 0.305 e. The Morgan fingerprint density at radius 2 is 1.85 bits per heavy atom. The fourth-order valence-electron chi connectivity index (χ4n) is 4.38. The van der Waals surface area contributed by atoms with Gasteiger partial charge in [0.25, 0.3) is 5.91 Å². The largest absolute Gasteiger partial charge is 0.418 e. The number of carbonyl (C=O) groups is 2. The molecular weight excluding hydrogens is 511 g/mol. The maximum atomic E-state index is 13.9. The summed E-state index contributed by atoms with van der Waals surface area (Å²) in [4.78, 5) is 44.3. The number of hydrogen-bond acceptors (Lipinski definition) is 7. The van der Waals surface area contributed by atoms with Gasteiger partial charge in [-0.2, -0.15) is 18.4 Å². The van der Waals surface area contributed by atoms with Crippen LogP contribution in [0, 0.1) is 11.3 Å². The summed E-state index contributed by atoms with van der Waals surface area (Å²) >= 11 is 0. The molecule has 4 aromatic heterocycles. The predicted octanol–water partition coefficient (Wildman–Crippen LogP) is 5.03. The fraction of sp³-hybridized carbons (Fsp3) is 0.148. The minimum absolute atomic E-state index is 0.0495. The maximum absolute atomic E-state index is 13.9. The number of hydrogen-bond donors (Lipinski definition) is 1. The number of nitrogens with one attached hydrogen (secondary N) is 1. The lowest BCUT2D eigenvalue weighted by molar-refractivity contribution is -0.138. The van der Waals surface area contributed by atoms with Crippen molar-refractivity contribution < 1.29 is 22.8 Å². The third-order valence-electron chi connectivity index (χ3n) is 6.24. The number of amides is 2. The third-order valence-corrected chi connectivity index (χ3v) is 6.24. The van der Waals surface area contributed by atoms with Gasteiger partial charge in [0.05, 0.1) is 34.1 Å². The third kappa shape index (κ3) is 4.44. The van der Waals surface area contributed by atoms with Gasteiger partial charge in [-0.25, -0.2) is 15.0 Å². The van der Waals surface area contributed by atoms with Crippen LogP contribution in [0.4, 0.5) is 30.5 Å². The summed E-state index contributed by atoms with van der Waals surface area (Å²) in [6.07, 6.45) is 0.797. The molecule has 0 fully saturated rings. The molecule has 194 valence electrons. The van der Waals surface area contributed by atoms with E-state index < -0.39 is 28.8 Å². The van der Waals surface area contributed by atoms with Gasteiger partial charge < -0.3 is 5.32 Å². The summed E-state index contributed by atoms with van der Waals surface area (Å²) < 4.78 is 41.6. The van der Waals surface area contributed by atoms with E-state index in [0.717, 1.165) is 12.1 Å². The highest BCUT2D eigenvalue weighted by Gasteiger charge is 2.48. The van der Waals surface area contributed by atoms with E-state index in [-0.39, 0.29) is 23.0 Å². The molecule has 0 bridgehead atoms. The van der Waals surface area contributed by atoms with Gasteiger partial charge in [0.15, 0.2) is 0 Å². The van der Waals surface area contributed by atoms with Crippen LogP contribution < -0.4 is 10.2 Å². The number of pyridine rings is 4. The lowest BCUT2D eigenvalue weighted by atomic mass is 9.83. The van der Waals surface area contributed by atoms with Crippen LogP contribution in [0.15, 0.2) is 67.3 Å². The molecule has 0 saturated heterocycles. The van der Waals surface area contributed by atoms with E-state index in [1.54, 1.807) is 38.2 Å². The molecule has 1 aliphatic rings. The van der Waals surface area contributed by atoms with Gasteiger partial charge in [-0.3, -0.25) is 19.5 Å². The first-order chi connectivity index (χ1) is 18.5. The van der Waals surface area contributed by atoms with Gasteiger partial charge in [-0.15, -0.1) is 0 Å². The summed E-state index contributed by atoms with van der Waals surface area (Å²) in [6.45, 7) is 3.37. The van der Waals surface area contributed by atoms with E-state index in [4.69, 9.17) is 5.26 Å². The molecule has 9 nitrogen and oxygen atoms in total. The first-order valence-electron chi connectivity index (χ1n) is 11.5. The Kier molecular flexibility index (Phi) is 6.06. The van der Waals surface area contributed by atoms with E-state index >= 15 is 0 Å². The highest BCUT2D eigenvalue weighted by atomic mass is 19.4. The first-order valence-corrected chi connectivity index (χ1v) is 11.5. The number of aromatic nitrogens is 4. The fourth-order valence-corrected chi connectivity index (χ4v) is 4.38. The zero-order valence-electron chi connectivity index (χ0n) is 20.5. The molecule has 1 aliphatic heterocycles. The van der Waals surface area contributed by atoms with Crippen molar-refractivity contribution in [1.82, 2.24) is 19.9 Å². The molecule has 12 heteroatoms. The van der Waals surface area contributed by atoms with Crippen molar-refractivity contribution in [2.45, 2.75) is 25.4 Å². The molecule has 0 aliphatic carbocycles. The van der Waals surface area contributed by atoms with Crippen molar-refractivity contribution in [1.29, 1.82) is 5.26 Å². The molecule has 2 amide bonds. The Bertz CT molecular complexity index is 1650. The number of rotatable bonds is 4. The molecule has 0 spiro atoms. The highest BCUT2D eigenvalue weighted by molar-refractivity contribution is 6.13. The molecule has 5 rings (SSSR count). The van der Waals surface area contributed by atoms with E-state index in [9.17, 15) is 22.8 Å². The molecular formula is C27H18F3N7O2. The molecule has 0 aromatic carbocycles. The Hall–Kier alpha value is -5.18. The zero-order chi connectivity index (χ0) is 27.9. The van der Waals surface area contributed by atoms with Gasteiger partial charge in [-0.05, 0) is 56.3 Å². The second-order valence-electron chi connectivity index (χ2n) is 9.12. The van der Waals surface area contributed by atoms with Crippen LogP contribution in [-0.4, -0.2) is 31.8 Å². The maximum Gasteiger partial charge on any atom is 0.418 e. The molecule has 0 atom stereocenters. The topological polar surface area (TPSA) is 125 Å². The van der Waals surface area contributed by atoms with Gasteiger partial charge in [0.2, 0.25) is 5.91 Å². The van der Waals surface area contributed by atoms with Crippen LogP contribution in [0.3, 0.4) is 0 Å². The molecule has 1 N–H and O–H groups in total.